The third kappa shape index (κ3) is 1.22. The minimum Gasteiger partial charge on any atom is -0.356 e. The molecule has 0 aromatic carbocycles. The fourth-order valence-electron chi connectivity index (χ4n) is 1.09. The van der Waals surface area contributed by atoms with Crippen LogP contribution < -0.4 is 4.90 Å². The molecule has 1 saturated heterocycles. The molecule has 1 fully saturated rings. The summed E-state index contributed by atoms with van der Waals surface area (Å²) in [6.45, 7) is 1.63. The predicted octanol–water partition coefficient (Wildman–Crippen LogP) is 0.965. The topological polar surface area (TPSA) is 29.0 Å². The fourth-order valence-corrected chi connectivity index (χ4v) is 1.09. The van der Waals surface area contributed by atoms with Crippen molar-refractivity contribution in [1.82, 2.24) is 9.97 Å². The summed E-state index contributed by atoms with van der Waals surface area (Å²) >= 11 is 0. The molecule has 12 heavy (non-hydrogen) atoms. The van der Waals surface area contributed by atoms with E-state index in [0.29, 0.717) is 5.82 Å². The van der Waals surface area contributed by atoms with Gasteiger partial charge in [0.1, 0.15) is 5.82 Å². The second kappa shape index (κ2) is 2.66. The standard InChI is InChI=1S/C7H7F2N3/c8-5-4-6(11-7(9)10-5)12-2-1-3-12/h4H,1-3H2. The molecule has 1 aromatic heterocycles. The van der Waals surface area contributed by atoms with Crippen molar-refractivity contribution in [3.63, 3.8) is 0 Å². The van der Waals surface area contributed by atoms with E-state index in [2.05, 4.69) is 9.97 Å². The van der Waals surface area contributed by atoms with Crippen LogP contribution in [0.4, 0.5) is 14.6 Å². The van der Waals surface area contributed by atoms with Crippen molar-refractivity contribution in [2.45, 2.75) is 6.42 Å². The van der Waals surface area contributed by atoms with Crippen LogP contribution in [0.2, 0.25) is 0 Å². The lowest BCUT2D eigenvalue weighted by Crippen LogP contribution is -2.37. The monoisotopic (exact) mass is 171 g/mol. The summed E-state index contributed by atoms with van der Waals surface area (Å²) in [7, 11) is 0. The van der Waals surface area contributed by atoms with Gasteiger partial charge >= 0.3 is 6.08 Å². The first kappa shape index (κ1) is 7.39. The van der Waals surface area contributed by atoms with Crippen LogP contribution >= 0.6 is 0 Å². The highest BCUT2D eigenvalue weighted by Crippen LogP contribution is 2.17. The number of nitrogens with zero attached hydrogens (tertiary/aromatic N) is 3. The molecule has 0 unspecified atom stereocenters. The summed E-state index contributed by atoms with van der Waals surface area (Å²) in [5, 5.41) is 0. The highest BCUT2D eigenvalue weighted by molar-refractivity contribution is 5.39. The van der Waals surface area contributed by atoms with Gasteiger partial charge in [-0.25, -0.2) is 0 Å². The van der Waals surface area contributed by atoms with Gasteiger partial charge in [-0.2, -0.15) is 18.7 Å². The van der Waals surface area contributed by atoms with Crippen LogP contribution in [-0.4, -0.2) is 23.1 Å². The molecule has 0 N–H and O–H groups in total. The van der Waals surface area contributed by atoms with Gasteiger partial charge in [0.2, 0.25) is 5.95 Å². The van der Waals surface area contributed by atoms with Gasteiger partial charge in [-0.3, -0.25) is 0 Å². The fraction of sp³-hybridized carbons (Fsp3) is 0.429. The van der Waals surface area contributed by atoms with Crippen LogP contribution in [0.25, 0.3) is 0 Å². The lowest BCUT2D eigenvalue weighted by atomic mass is 10.2. The molecule has 0 radical (unpaired) electrons. The molecule has 0 atom stereocenters. The molecule has 0 spiro atoms. The van der Waals surface area contributed by atoms with Gasteiger partial charge in [0.25, 0.3) is 0 Å². The molecule has 1 aromatic rings. The predicted molar refractivity (Wildman–Crippen MR) is 38.8 cm³/mol. The zero-order valence-corrected chi connectivity index (χ0v) is 6.30. The molecule has 1 aliphatic rings. The summed E-state index contributed by atoms with van der Waals surface area (Å²) < 4.78 is 25.0. The van der Waals surface area contributed by atoms with Gasteiger partial charge < -0.3 is 4.90 Å². The zero-order valence-electron chi connectivity index (χ0n) is 6.30. The Morgan fingerprint density at radius 1 is 1.25 bits per heavy atom. The van der Waals surface area contributed by atoms with Gasteiger partial charge in [0.15, 0.2) is 0 Å². The van der Waals surface area contributed by atoms with E-state index in [1.54, 1.807) is 4.90 Å². The summed E-state index contributed by atoms with van der Waals surface area (Å²) in [5.74, 6) is -0.476. The molecule has 3 nitrogen and oxygen atoms in total. The molecule has 0 amide bonds. The third-order valence-corrected chi connectivity index (χ3v) is 1.83. The Balaban J connectivity index is 2.30. The van der Waals surface area contributed by atoms with Crippen molar-refractivity contribution in [1.29, 1.82) is 0 Å². The van der Waals surface area contributed by atoms with Crippen LogP contribution in [-0.2, 0) is 0 Å². The number of aromatic nitrogens is 2. The van der Waals surface area contributed by atoms with Crippen molar-refractivity contribution < 1.29 is 8.78 Å². The van der Waals surface area contributed by atoms with Gasteiger partial charge in [-0.1, -0.05) is 0 Å². The van der Waals surface area contributed by atoms with Gasteiger partial charge in [-0.15, -0.1) is 0 Å². The lowest BCUT2D eigenvalue weighted by Gasteiger charge is -2.31. The largest absolute Gasteiger partial charge is 0.356 e. The quantitative estimate of drug-likeness (QED) is 0.465. The van der Waals surface area contributed by atoms with Gasteiger partial charge in [0.05, 0.1) is 0 Å². The molecule has 0 saturated carbocycles. The third-order valence-electron chi connectivity index (χ3n) is 1.83. The van der Waals surface area contributed by atoms with Crippen LogP contribution in [0, 0.1) is 12.0 Å². The normalized spacial score (nSPS) is 16.0. The van der Waals surface area contributed by atoms with Crippen molar-refractivity contribution in [3.05, 3.63) is 18.1 Å². The first-order valence-electron chi connectivity index (χ1n) is 3.71. The second-order valence-electron chi connectivity index (χ2n) is 2.66. The number of hydrogen-bond donors (Lipinski definition) is 0. The molecular formula is C7H7F2N3. The highest BCUT2D eigenvalue weighted by atomic mass is 19.1. The lowest BCUT2D eigenvalue weighted by molar-refractivity contribution is 0.476. The number of rotatable bonds is 1. The first-order chi connectivity index (χ1) is 5.75. The average Bonchev–Trinajstić information content (AvgIpc) is 1.79. The van der Waals surface area contributed by atoms with Crippen molar-refractivity contribution in [2.24, 2.45) is 0 Å². The van der Waals surface area contributed by atoms with E-state index in [9.17, 15) is 8.78 Å². The average molecular weight is 171 g/mol. The minimum atomic E-state index is -1.00. The molecule has 2 heterocycles. The van der Waals surface area contributed by atoms with E-state index >= 15 is 0 Å². The molecule has 2 rings (SSSR count). The Morgan fingerprint density at radius 3 is 2.50 bits per heavy atom. The van der Waals surface area contributed by atoms with E-state index in [1.807, 2.05) is 0 Å². The zero-order chi connectivity index (χ0) is 8.55. The number of hydrogen-bond acceptors (Lipinski definition) is 3. The second-order valence-corrected chi connectivity index (χ2v) is 2.66. The smallest absolute Gasteiger partial charge is 0.313 e. The van der Waals surface area contributed by atoms with Crippen molar-refractivity contribution in [3.8, 4) is 0 Å². The van der Waals surface area contributed by atoms with E-state index in [1.165, 1.54) is 0 Å². The van der Waals surface area contributed by atoms with E-state index < -0.39 is 12.0 Å². The molecule has 64 valence electrons. The highest BCUT2D eigenvalue weighted by Gasteiger charge is 2.17. The van der Waals surface area contributed by atoms with Crippen LogP contribution in [0.3, 0.4) is 0 Å². The Morgan fingerprint density at radius 2 is 2.00 bits per heavy atom. The Bertz CT molecular complexity index is 278. The maximum atomic E-state index is 12.5. The number of anilines is 1. The van der Waals surface area contributed by atoms with Gasteiger partial charge in [-0.05, 0) is 6.42 Å². The summed E-state index contributed by atoms with van der Waals surface area (Å²) in [4.78, 5) is 8.17. The van der Waals surface area contributed by atoms with Crippen LogP contribution in [0.15, 0.2) is 6.07 Å². The summed E-state index contributed by atoms with van der Waals surface area (Å²) in [5.41, 5.74) is 0. The Hall–Kier alpha value is -1.26. The summed E-state index contributed by atoms with van der Waals surface area (Å²) in [6, 6.07) is 1.14. The Kier molecular flexibility index (Phi) is 1.64. The molecule has 0 bridgehead atoms. The SMILES string of the molecule is Fc1cc(N2CCC2)nc(F)n1. The van der Waals surface area contributed by atoms with E-state index in [-0.39, 0.29) is 0 Å². The first-order valence-corrected chi connectivity index (χ1v) is 3.71. The summed E-state index contributed by atoms with van der Waals surface area (Å²) in [6.07, 6.45) is 0.0460. The molecular weight excluding hydrogens is 164 g/mol. The van der Waals surface area contributed by atoms with Crippen molar-refractivity contribution >= 4 is 5.82 Å². The molecule has 0 aliphatic carbocycles. The van der Waals surface area contributed by atoms with E-state index in [0.717, 1.165) is 25.6 Å². The number of halogens is 2. The molecule has 5 heteroatoms. The molecule has 1 aliphatic heterocycles. The van der Waals surface area contributed by atoms with Crippen LogP contribution in [0.5, 0.6) is 0 Å². The maximum Gasteiger partial charge on any atom is 0.313 e. The maximum absolute atomic E-state index is 12.5. The van der Waals surface area contributed by atoms with Crippen molar-refractivity contribution in [2.75, 3.05) is 18.0 Å². The minimum absolute atomic E-state index is 0.339. The van der Waals surface area contributed by atoms with Crippen LogP contribution in [0.1, 0.15) is 6.42 Å². The van der Waals surface area contributed by atoms with Gasteiger partial charge in [0, 0.05) is 19.2 Å². The van der Waals surface area contributed by atoms with E-state index in [4.69, 9.17) is 0 Å². The Labute approximate surface area is 68.1 Å².